The van der Waals surface area contributed by atoms with Crippen LogP contribution in [0.3, 0.4) is 0 Å². The summed E-state index contributed by atoms with van der Waals surface area (Å²) in [6, 6.07) is 7.85. The first-order chi connectivity index (χ1) is 16.6. The molecule has 1 aromatic carbocycles. The summed E-state index contributed by atoms with van der Waals surface area (Å²) in [6.45, 7) is 0. The Labute approximate surface area is 206 Å². The van der Waals surface area contributed by atoms with Crippen molar-refractivity contribution in [1.29, 1.82) is 0 Å². The molecule has 182 valence electrons. The minimum atomic E-state index is -0.352. The molecular formula is C28H36N2O3S. The van der Waals surface area contributed by atoms with E-state index in [1.54, 1.807) is 0 Å². The van der Waals surface area contributed by atoms with Crippen LogP contribution in [0.4, 0.5) is 0 Å². The van der Waals surface area contributed by atoms with Gasteiger partial charge in [-0.2, -0.15) is 11.8 Å². The Morgan fingerprint density at radius 3 is 2.32 bits per heavy atom. The first-order valence-corrected chi connectivity index (χ1v) is 14.3. The van der Waals surface area contributed by atoms with Gasteiger partial charge in [-0.3, -0.25) is 20.4 Å². The highest BCUT2D eigenvalue weighted by Crippen LogP contribution is 2.61. The quantitative estimate of drug-likeness (QED) is 0.472. The number of thioether (sulfide) groups is 1. The van der Waals surface area contributed by atoms with Crippen molar-refractivity contribution in [2.24, 2.45) is 23.2 Å². The first kappa shape index (κ1) is 22.5. The fraction of sp³-hybridized carbons (Fsp3) is 0.643. The van der Waals surface area contributed by atoms with E-state index in [4.69, 9.17) is 4.42 Å². The average Bonchev–Trinajstić information content (AvgIpc) is 3.19. The van der Waals surface area contributed by atoms with Crippen molar-refractivity contribution in [2.45, 2.75) is 88.1 Å². The van der Waals surface area contributed by atoms with Gasteiger partial charge in [-0.1, -0.05) is 37.5 Å². The van der Waals surface area contributed by atoms with E-state index in [-0.39, 0.29) is 17.2 Å². The first-order valence-electron chi connectivity index (χ1n) is 13.3. The van der Waals surface area contributed by atoms with Crippen LogP contribution in [-0.2, 0) is 10.5 Å². The highest BCUT2D eigenvalue weighted by molar-refractivity contribution is 7.99. The van der Waals surface area contributed by atoms with Crippen molar-refractivity contribution < 1.29 is 14.0 Å². The summed E-state index contributed by atoms with van der Waals surface area (Å²) >= 11 is 1.94. The number of carbonyl (C=O) groups is 2. The largest absolute Gasteiger partial charge is 0.451 e. The molecule has 0 radical (unpaired) electrons. The van der Waals surface area contributed by atoms with Gasteiger partial charge in [0.1, 0.15) is 5.58 Å². The smallest absolute Gasteiger partial charge is 0.305 e. The third-order valence-corrected chi connectivity index (χ3v) is 10.3. The van der Waals surface area contributed by atoms with Crippen LogP contribution in [0.1, 0.15) is 93.2 Å². The Hall–Kier alpha value is -1.95. The van der Waals surface area contributed by atoms with Crippen LogP contribution in [0.15, 0.2) is 28.7 Å². The monoisotopic (exact) mass is 480 g/mol. The molecule has 34 heavy (non-hydrogen) atoms. The molecule has 5 aliphatic carbocycles. The Kier molecular flexibility index (Phi) is 6.13. The van der Waals surface area contributed by atoms with Gasteiger partial charge >= 0.3 is 5.91 Å². The Bertz CT molecular complexity index is 1040. The molecule has 2 amide bonds. The van der Waals surface area contributed by atoms with Gasteiger partial charge in [0.15, 0.2) is 5.76 Å². The average molecular weight is 481 g/mol. The number of rotatable bonds is 6. The molecule has 1 heterocycles. The number of para-hydroxylation sites is 1. The van der Waals surface area contributed by atoms with Crippen LogP contribution >= 0.6 is 11.8 Å². The van der Waals surface area contributed by atoms with Gasteiger partial charge in [-0.25, -0.2) is 0 Å². The summed E-state index contributed by atoms with van der Waals surface area (Å²) in [7, 11) is 0. The predicted octanol–water partition coefficient (Wildman–Crippen LogP) is 6.37. The molecule has 0 aliphatic heterocycles. The number of fused-ring (bicyclic) bond motifs is 1. The molecule has 0 spiro atoms. The molecule has 5 fully saturated rings. The van der Waals surface area contributed by atoms with Crippen LogP contribution in [0, 0.1) is 23.2 Å². The molecule has 0 saturated heterocycles. The Morgan fingerprint density at radius 1 is 0.941 bits per heavy atom. The molecule has 5 aliphatic rings. The normalized spacial score (nSPS) is 30.5. The fourth-order valence-corrected chi connectivity index (χ4v) is 9.29. The van der Waals surface area contributed by atoms with Crippen LogP contribution < -0.4 is 10.9 Å². The number of carbonyl (C=O) groups excluding carboxylic acids is 2. The second kappa shape index (κ2) is 9.25. The van der Waals surface area contributed by atoms with Gasteiger partial charge in [0.05, 0.1) is 0 Å². The van der Waals surface area contributed by atoms with Gasteiger partial charge in [0.25, 0.3) is 0 Å². The zero-order valence-electron chi connectivity index (χ0n) is 19.9. The number of furan rings is 1. The predicted molar refractivity (Wildman–Crippen MR) is 135 cm³/mol. The molecule has 1 aromatic heterocycles. The maximum atomic E-state index is 13.1. The minimum absolute atomic E-state index is 0.0652. The van der Waals surface area contributed by atoms with Crippen molar-refractivity contribution >= 4 is 34.5 Å². The van der Waals surface area contributed by atoms with Crippen molar-refractivity contribution in [2.75, 3.05) is 0 Å². The highest BCUT2D eigenvalue weighted by atomic mass is 32.2. The van der Waals surface area contributed by atoms with Crippen LogP contribution in [0.2, 0.25) is 0 Å². The standard InChI is InChI=1S/C28H36N2O3S/c31-25(16-28-13-18-10-19(14-28)12-20(11-18)15-28)29-30-27(32)26-23(17-34-21-6-2-1-3-7-21)22-8-4-5-9-24(22)33-26/h4-5,8-9,18-21H,1-3,6-7,10-17H2,(H,29,31)(H,30,32). The number of hydrazine groups is 1. The topological polar surface area (TPSA) is 71.3 Å². The van der Waals surface area contributed by atoms with E-state index in [9.17, 15) is 9.59 Å². The van der Waals surface area contributed by atoms with Crippen molar-refractivity contribution in [3.8, 4) is 0 Å². The second-order valence-corrected chi connectivity index (χ2v) is 12.9. The zero-order chi connectivity index (χ0) is 23.1. The van der Waals surface area contributed by atoms with E-state index >= 15 is 0 Å². The van der Waals surface area contributed by atoms with Gasteiger partial charge in [-0.15, -0.1) is 0 Å². The maximum absolute atomic E-state index is 13.1. The fourth-order valence-electron chi connectivity index (χ4n) is 7.93. The summed E-state index contributed by atoms with van der Waals surface area (Å²) in [5.41, 5.74) is 7.24. The molecule has 5 saturated carbocycles. The summed E-state index contributed by atoms with van der Waals surface area (Å²) < 4.78 is 5.99. The molecule has 2 N–H and O–H groups in total. The lowest BCUT2D eigenvalue weighted by molar-refractivity contribution is -0.130. The lowest BCUT2D eigenvalue weighted by Crippen LogP contribution is -2.50. The lowest BCUT2D eigenvalue weighted by atomic mass is 9.49. The van der Waals surface area contributed by atoms with E-state index in [0.717, 1.165) is 40.0 Å². The van der Waals surface area contributed by atoms with E-state index in [2.05, 4.69) is 10.9 Å². The van der Waals surface area contributed by atoms with E-state index in [1.807, 2.05) is 36.0 Å². The third kappa shape index (κ3) is 4.50. The molecular weight excluding hydrogens is 444 g/mol. The summed E-state index contributed by atoms with van der Waals surface area (Å²) in [5.74, 6) is 3.11. The van der Waals surface area contributed by atoms with E-state index in [0.29, 0.717) is 17.4 Å². The molecule has 0 unspecified atom stereocenters. The molecule has 7 rings (SSSR count). The van der Waals surface area contributed by atoms with Gasteiger partial charge in [-0.05, 0) is 80.6 Å². The summed E-state index contributed by atoms with van der Waals surface area (Å²) in [5, 5.41) is 1.65. The van der Waals surface area contributed by atoms with Gasteiger partial charge in [0.2, 0.25) is 5.91 Å². The zero-order valence-corrected chi connectivity index (χ0v) is 20.8. The Morgan fingerprint density at radius 2 is 1.62 bits per heavy atom. The van der Waals surface area contributed by atoms with Crippen molar-refractivity contribution in [3.63, 3.8) is 0 Å². The number of hydrogen-bond donors (Lipinski definition) is 2. The van der Waals surface area contributed by atoms with E-state index in [1.165, 1.54) is 70.6 Å². The van der Waals surface area contributed by atoms with E-state index < -0.39 is 0 Å². The summed E-state index contributed by atoms with van der Waals surface area (Å²) in [6.07, 6.45) is 14.6. The Balaban J connectivity index is 1.11. The lowest BCUT2D eigenvalue weighted by Gasteiger charge is -2.56. The number of nitrogens with one attached hydrogen (secondary N) is 2. The molecule has 6 heteroatoms. The molecule has 5 nitrogen and oxygen atoms in total. The minimum Gasteiger partial charge on any atom is -0.451 e. The maximum Gasteiger partial charge on any atom is 0.305 e. The SMILES string of the molecule is O=C(CC12CC3CC(CC(C3)C1)C2)NNC(=O)c1oc2ccccc2c1CSC1CCCCC1. The van der Waals surface area contributed by atoms with Crippen LogP contribution in [-0.4, -0.2) is 17.1 Å². The highest BCUT2D eigenvalue weighted by Gasteiger charge is 2.51. The molecule has 0 atom stereocenters. The van der Waals surface area contributed by atoms with Gasteiger partial charge < -0.3 is 4.42 Å². The summed E-state index contributed by atoms with van der Waals surface area (Å²) in [4.78, 5) is 26.0. The number of hydrogen-bond acceptors (Lipinski definition) is 4. The number of benzene rings is 1. The second-order valence-electron chi connectivity index (χ2n) is 11.6. The van der Waals surface area contributed by atoms with Gasteiger partial charge in [0, 0.05) is 28.4 Å². The third-order valence-electron chi connectivity index (χ3n) is 8.94. The van der Waals surface area contributed by atoms with Crippen molar-refractivity contribution in [3.05, 3.63) is 35.6 Å². The molecule has 4 bridgehead atoms. The van der Waals surface area contributed by atoms with Crippen LogP contribution in [0.5, 0.6) is 0 Å². The van der Waals surface area contributed by atoms with Crippen molar-refractivity contribution in [1.82, 2.24) is 10.9 Å². The molecule has 2 aromatic rings. The number of amides is 2. The van der Waals surface area contributed by atoms with Crippen LogP contribution in [0.25, 0.3) is 11.0 Å².